The highest BCUT2D eigenvalue weighted by Gasteiger charge is 2.07. The first-order chi connectivity index (χ1) is 8.61. The molecule has 0 aliphatic carbocycles. The molecule has 0 bridgehead atoms. The zero-order valence-electron chi connectivity index (χ0n) is 10.7. The summed E-state index contributed by atoms with van der Waals surface area (Å²) in [5, 5.41) is 0.562. The fourth-order valence-electron chi connectivity index (χ4n) is 1.90. The third-order valence-electron chi connectivity index (χ3n) is 3.25. The molecule has 18 heavy (non-hydrogen) atoms. The highest BCUT2D eigenvalue weighted by Crippen LogP contribution is 2.27. The molecule has 1 aromatic heterocycles. The number of nitrogens with zero attached hydrogens (tertiary/aromatic N) is 1. The van der Waals surface area contributed by atoms with Crippen LogP contribution in [0.4, 0.5) is 5.69 Å². The van der Waals surface area contributed by atoms with E-state index in [9.17, 15) is 0 Å². The Hall–Kier alpha value is -1.54. The molecule has 2 N–H and O–H groups in total. The second-order valence-electron chi connectivity index (χ2n) is 4.52. The molecule has 0 aliphatic heterocycles. The van der Waals surface area contributed by atoms with Crippen molar-refractivity contribution in [2.24, 2.45) is 0 Å². The lowest BCUT2D eigenvalue weighted by atomic mass is 9.97. The van der Waals surface area contributed by atoms with Gasteiger partial charge in [-0.1, -0.05) is 49.7 Å². The molecule has 0 amide bonds. The highest BCUT2D eigenvalue weighted by molar-refractivity contribution is 6.30. The number of nitrogens with two attached hydrogens (primary N) is 1. The summed E-state index contributed by atoms with van der Waals surface area (Å²) in [6.45, 7) is 4.42. The minimum Gasteiger partial charge on any atom is -0.397 e. The quantitative estimate of drug-likeness (QED) is 0.883. The van der Waals surface area contributed by atoms with E-state index in [-0.39, 0.29) is 0 Å². The Labute approximate surface area is 113 Å². The SMILES string of the molecule is CCC(C)c1ccc(-c2ncc(Cl)cc2N)cc1. The van der Waals surface area contributed by atoms with E-state index in [0.29, 0.717) is 16.6 Å². The second kappa shape index (κ2) is 5.40. The van der Waals surface area contributed by atoms with E-state index in [1.54, 1.807) is 12.3 Å². The number of nitrogen functional groups attached to an aromatic ring is 1. The Morgan fingerprint density at radius 3 is 2.50 bits per heavy atom. The van der Waals surface area contributed by atoms with Gasteiger partial charge in [0.25, 0.3) is 0 Å². The molecule has 1 heterocycles. The maximum absolute atomic E-state index is 5.93. The summed E-state index contributed by atoms with van der Waals surface area (Å²) in [5.41, 5.74) is 9.69. The number of hydrogen-bond donors (Lipinski definition) is 1. The molecule has 3 heteroatoms. The third-order valence-corrected chi connectivity index (χ3v) is 3.46. The molecule has 1 atom stereocenters. The van der Waals surface area contributed by atoms with Gasteiger partial charge in [-0.25, -0.2) is 0 Å². The molecule has 0 aliphatic rings. The summed E-state index contributed by atoms with van der Waals surface area (Å²) < 4.78 is 0. The first-order valence-electron chi connectivity index (χ1n) is 6.13. The van der Waals surface area contributed by atoms with E-state index in [4.69, 9.17) is 17.3 Å². The van der Waals surface area contributed by atoms with Crippen molar-refractivity contribution in [2.75, 3.05) is 5.73 Å². The van der Waals surface area contributed by atoms with Crippen molar-refractivity contribution < 1.29 is 0 Å². The summed E-state index contributed by atoms with van der Waals surface area (Å²) in [6.07, 6.45) is 2.76. The van der Waals surface area contributed by atoms with Crippen molar-refractivity contribution >= 4 is 17.3 Å². The molecule has 1 unspecified atom stereocenters. The number of hydrogen-bond acceptors (Lipinski definition) is 2. The van der Waals surface area contributed by atoms with Gasteiger partial charge in [0.05, 0.1) is 16.4 Å². The van der Waals surface area contributed by atoms with Gasteiger partial charge in [0.15, 0.2) is 0 Å². The second-order valence-corrected chi connectivity index (χ2v) is 4.96. The van der Waals surface area contributed by atoms with E-state index in [2.05, 4.69) is 43.1 Å². The fraction of sp³-hybridized carbons (Fsp3) is 0.267. The largest absolute Gasteiger partial charge is 0.397 e. The molecule has 2 aromatic rings. The third kappa shape index (κ3) is 2.65. The monoisotopic (exact) mass is 260 g/mol. The number of pyridine rings is 1. The highest BCUT2D eigenvalue weighted by atomic mass is 35.5. The lowest BCUT2D eigenvalue weighted by molar-refractivity contribution is 0.734. The van der Waals surface area contributed by atoms with Gasteiger partial charge in [-0.05, 0) is 24.0 Å². The lowest BCUT2D eigenvalue weighted by Gasteiger charge is -2.10. The smallest absolute Gasteiger partial charge is 0.0932 e. The Balaban J connectivity index is 2.34. The zero-order valence-corrected chi connectivity index (χ0v) is 11.4. The number of benzene rings is 1. The summed E-state index contributed by atoms with van der Waals surface area (Å²) in [5.74, 6) is 0.578. The van der Waals surface area contributed by atoms with Crippen LogP contribution in [-0.4, -0.2) is 4.98 Å². The van der Waals surface area contributed by atoms with E-state index < -0.39 is 0 Å². The average Bonchev–Trinajstić information content (AvgIpc) is 2.38. The fourth-order valence-corrected chi connectivity index (χ4v) is 2.07. The number of anilines is 1. The van der Waals surface area contributed by atoms with E-state index in [1.807, 2.05) is 0 Å². The minimum absolute atomic E-state index is 0.562. The van der Waals surface area contributed by atoms with Crippen LogP contribution in [0, 0.1) is 0 Å². The van der Waals surface area contributed by atoms with Gasteiger partial charge in [0, 0.05) is 11.8 Å². The van der Waals surface area contributed by atoms with Crippen molar-refractivity contribution in [3.05, 3.63) is 47.1 Å². The average molecular weight is 261 g/mol. The Morgan fingerprint density at radius 1 is 1.28 bits per heavy atom. The van der Waals surface area contributed by atoms with E-state index >= 15 is 0 Å². The van der Waals surface area contributed by atoms with Gasteiger partial charge in [0.2, 0.25) is 0 Å². The number of aromatic nitrogens is 1. The minimum atomic E-state index is 0.562. The number of halogens is 1. The molecular formula is C15H17ClN2. The molecule has 94 valence electrons. The summed E-state index contributed by atoms with van der Waals surface area (Å²) in [7, 11) is 0. The van der Waals surface area contributed by atoms with Gasteiger partial charge >= 0.3 is 0 Å². The number of rotatable bonds is 3. The van der Waals surface area contributed by atoms with E-state index in [1.165, 1.54) is 5.56 Å². The lowest BCUT2D eigenvalue weighted by Crippen LogP contribution is -1.95. The first kappa shape index (κ1) is 12.9. The van der Waals surface area contributed by atoms with Gasteiger partial charge in [-0.3, -0.25) is 4.98 Å². The van der Waals surface area contributed by atoms with Gasteiger partial charge in [-0.15, -0.1) is 0 Å². The van der Waals surface area contributed by atoms with Gasteiger partial charge in [-0.2, -0.15) is 0 Å². The van der Waals surface area contributed by atoms with Crippen LogP contribution < -0.4 is 5.73 Å². The Bertz CT molecular complexity index is 535. The van der Waals surface area contributed by atoms with Crippen LogP contribution in [0.3, 0.4) is 0 Å². The predicted octanol–water partition coefficient (Wildman–Crippen LogP) is 4.50. The normalized spacial score (nSPS) is 12.4. The summed E-state index contributed by atoms with van der Waals surface area (Å²) >= 11 is 5.85. The molecular weight excluding hydrogens is 244 g/mol. The molecule has 0 saturated heterocycles. The van der Waals surface area contributed by atoms with E-state index in [0.717, 1.165) is 17.7 Å². The van der Waals surface area contributed by atoms with Crippen molar-refractivity contribution in [1.29, 1.82) is 0 Å². The van der Waals surface area contributed by atoms with Crippen molar-refractivity contribution in [3.63, 3.8) is 0 Å². The summed E-state index contributed by atoms with van der Waals surface area (Å²) in [6, 6.07) is 10.1. The molecule has 0 spiro atoms. The van der Waals surface area contributed by atoms with Crippen LogP contribution in [0.15, 0.2) is 36.5 Å². The van der Waals surface area contributed by atoms with Crippen molar-refractivity contribution in [2.45, 2.75) is 26.2 Å². The molecule has 2 rings (SSSR count). The molecule has 0 radical (unpaired) electrons. The van der Waals surface area contributed by atoms with Crippen LogP contribution in [0.2, 0.25) is 5.02 Å². The zero-order chi connectivity index (χ0) is 13.1. The van der Waals surface area contributed by atoms with Crippen LogP contribution in [0.1, 0.15) is 31.7 Å². The summed E-state index contributed by atoms with van der Waals surface area (Å²) in [4.78, 5) is 4.29. The van der Waals surface area contributed by atoms with Gasteiger partial charge in [0.1, 0.15) is 0 Å². The van der Waals surface area contributed by atoms with Crippen molar-refractivity contribution in [1.82, 2.24) is 4.98 Å². The Kier molecular flexibility index (Phi) is 3.87. The van der Waals surface area contributed by atoms with Crippen LogP contribution >= 0.6 is 11.6 Å². The Morgan fingerprint density at radius 2 is 1.94 bits per heavy atom. The first-order valence-corrected chi connectivity index (χ1v) is 6.51. The maximum atomic E-state index is 5.93. The van der Waals surface area contributed by atoms with Crippen LogP contribution in [0.5, 0.6) is 0 Å². The molecule has 0 saturated carbocycles. The molecule has 0 fully saturated rings. The topological polar surface area (TPSA) is 38.9 Å². The molecule has 2 nitrogen and oxygen atoms in total. The predicted molar refractivity (Wildman–Crippen MR) is 77.8 cm³/mol. The van der Waals surface area contributed by atoms with Crippen LogP contribution in [0.25, 0.3) is 11.3 Å². The molecule has 1 aromatic carbocycles. The standard InChI is InChI=1S/C15H17ClN2/c1-3-10(2)11-4-6-12(7-5-11)15-14(17)8-13(16)9-18-15/h4-10H,3,17H2,1-2H3. The van der Waals surface area contributed by atoms with Gasteiger partial charge < -0.3 is 5.73 Å². The van der Waals surface area contributed by atoms with Crippen LogP contribution in [-0.2, 0) is 0 Å². The van der Waals surface area contributed by atoms with Crippen molar-refractivity contribution in [3.8, 4) is 11.3 Å². The maximum Gasteiger partial charge on any atom is 0.0932 e.